The zero-order chi connectivity index (χ0) is 15.6. The quantitative estimate of drug-likeness (QED) is 0.718. The van der Waals surface area contributed by atoms with E-state index in [1.54, 1.807) is 0 Å². The predicted molar refractivity (Wildman–Crippen MR) is 72.8 cm³/mol. The summed E-state index contributed by atoms with van der Waals surface area (Å²) in [6, 6.07) is 7.33. The lowest BCUT2D eigenvalue weighted by molar-refractivity contribution is -0.137. The van der Waals surface area contributed by atoms with Crippen molar-refractivity contribution in [2.24, 2.45) is 0 Å². The number of benzene rings is 2. The first-order valence-corrected chi connectivity index (χ1v) is 6.41. The average Bonchev–Trinajstić information content (AvgIpc) is 2.46. The molecular formula is C16H14F4O. The van der Waals surface area contributed by atoms with E-state index >= 15 is 0 Å². The van der Waals surface area contributed by atoms with Crippen LogP contribution in [-0.2, 0) is 12.6 Å². The Morgan fingerprint density at radius 3 is 2.38 bits per heavy atom. The van der Waals surface area contributed by atoms with Crippen molar-refractivity contribution in [3.8, 4) is 16.9 Å². The maximum atomic E-state index is 14.1. The molecule has 0 N–H and O–H groups in total. The highest BCUT2D eigenvalue weighted by Gasteiger charge is 2.30. The Kier molecular flexibility index (Phi) is 4.21. The molecule has 0 heterocycles. The van der Waals surface area contributed by atoms with Gasteiger partial charge in [0.05, 0.1) is 12.7 Å². The number of ether oxygens (including phenoxy) is 1. The first-order valence-electron chi connectivity index (χ1n) is 6.41. The normalized spacial score (nSPS) is 11.5. The number of hydrogen-bond donors (Lipinski definition) is 0. The highest BCUT2D eigenvalue weighted by atomic mass is 19.4. The van der Waals surface area contributed by atoms with Gasteiger partial charge in [-0.3, -0.25) is 0 Å². The van der Waals surface area contributed by atoms with Gasteiger partial charge < -0.3 is 4.74 Å². The van der Waals surface area contributed by atoms with Crippen molar-refractivity contribution in [3.63, 3.8) is 0 Å². The molecule has 2 aromatic rings. The molecule has 0 bridgehead atoms. The third kappa shape index (κ3) is 3.17. The molecule has 0 unspecified atom stereocenters. The fraction of sp³-hybridized carbons (Fsp3) is 0.250. The summed E-state index contributed by atoms with van der Waals surface area (Å²) in [6.45, 7) is 1.85. The number of hydrogen-bond acceptors (Lipinski definition) is 1. The van der Waals surface area contributed by atoms with Gasteiger partial charge in [-0.15, -0.1) is 0 Å². The lowest BCUT2D eigenvalue weighted by atomic mass is 9.99. The minimum Gasteiger partial charge on any atom is -0.496 e. The van der Waals surface area contributed by atoms with Crippen LogP contribution in [0, 0.1) is 5.82 Å². The number of aryl methyl sites for hydroxylation is 1. The second-order valence-electron chi connectivity index (χ2n) is 4.58. The van der Waals surface area contributed by atoms with Gasteiger partial charge in [0.1, 0.15) is 11.6 Å². The maximum absolute atomic E-state index is 14.1. The van der Waals surface area contributed by atoms with Crippen LogP contribution in [0.15, 0.2) is 36.4 Å². The summed E-state index contributed by atoms with van der Waals surface area (Å²) >= 11 is 0. The van der Waals surface area contributed by atoms with E-state index in [2.05, 4.69) is 0 Å². The first-order chi connectivity index (χ1) is 9.86. The zero-order valence-corrected chi connectivity index (χ0v) is 11.6. The van der Waals surface area contributed by atoms with E-state index in [-0.39, 0.29) is 11.1 Å². The van der Waals surface area contributed by atoms with Crippen LogP contribution in [0.25, 0.3) is 11.1 Å². The molecule has 0 aromatic heterocycles. The number of methoxy groups -OCH3 is 1. The molecule has 0 spiro atoms. The van der Waals surface area contributed by atoms with Crippen molar-refractivity contribution in [3.05, 3.63) is 53.3 Å². The highest BCUT2D eigenvalue weighted by molar-refractivity contribution is 5.67. The standard InChI is InChI=1S/C16H14F4O/c1-3-10-8-14(17)13(9-15(10)21-2)11-5-4-6-12(7-11)16(18,19)20/h4-9H,3H2,1-2H3. The van der Waals surface area contributed by atoms with Gasteiger partial charge in [0, 0.05) is 5.56 Å². The van der Waals surface area contributed by atoms with E-state index in [0.29, 0.717) is 17.7 Å². The minimum absolute atomic E-state index is 0.0927. The fourth-order valence-corrected chi connectivity index (χ4v) is 2.15. The predicted octanol–water partition coefficient (Wildman–Crippen LogP) is 5.08. The second-order valence-corrected chi connectivity index (χ2v) is 4.58. The Bertz CT molecular complexity index is 647. The summed E-state index contributed by atoms with van der Waals surface area (Å²) in [5.74, 6) is -0.0988. The van der Waals surface area contributed by atoms with Gasteiger partial charge >= 0.3 is 6.18 Å². The maximum Gasteiger partial charge on any atom is 0.416 e. The molecule has 0 amide bonds. The van der Waals surface area contributed by atoms with Crippen LogP contribution in [0.1, 0.15) is 18.1 Å². The first kappa shape index (κ1) is 15.4. The summed E-state index contributed by atoms with van der Waals surface area (Å²) in [7, 11) is 1.45. The molecule has 0 fully saturated rings. The van der Waals surface area contributed by atoms with Gasteiger partial charge in [-0.2, -0.15) is 13.2 Å². The van der Waals surface area contributed by atoms with Crippen molar-refractivity contribution < 1.29 is 22.3 Å². The van der Waals surface area contributed by atoms with E-state index in [9.17, 15) is 17.6 Å². The van der Waals surface area contributed by atoms with Crippen LogP contribution in [0.3, 0.4) is 0 Å². The van der Waals surface area contributed by atoms with Crippen molar-refractivity contribution in [1.82, 2.24) is 0 Å². The fourth-order valence-electron chi connectivity index (χ4n) is 2.15. The Hall–Kier alpha value is -2.04. The van der Waals surface area contributed by atoms with Crippen molar-refractivity contribution in [2.75, 3.05) is 7.11 Å². The van der Waals surface area contributed by atoms with E-state index in [1.807, 2.05) is 6.92 Å². The molecule has 2 aromatic carbocycles. The van der Waals surface area contributed by atoms with Gasteiger partial charge in [0.15, 0.2) is 0 Å². The highest BCUT2D eigenvalue weighted by Crippen LogP contribution is 2.35. The largest absolute Gasteiger partial charge is 0.496 e. The third-order valence-corrected chi connectivity index (χ3v) is 3.25. The molecule has 5 heteroatoms. The molecule has 112 valence electrons. The molecule has 0 aliphatic rings. The summed E-state index contributed by atoms with van der Waals surface area (Å²) in [4.78, 5) is 0. The van der Waals surface area contributed by atoms with Crippen molar-refractivity contribution in [1.29, 1.82) is 0 Å². The Morgan fingerprint density at radius 2 is 1.81 bits per heavy atom. The second kappa shape index (κ2) is 5.76. The lowest BCUT2D eigenvalue weighted by Crippen LogP contribution is -2.04. The smallest absolute Gasteiger partial charge is 0.416 e. The Morgan fingerprint density at radius 1 is 1.10 bits per heavy atom. The van der Waals surface area contributed by atoms with Gasteiger partial charge in [0.2, 0.25) is 0 Å². The van der Waals surface area contributed by atoms with Crippen LogP contribution < -0.4 is 4.74 Å². The Labute approximate surface area is 120 Å². The van der Waals surface area contributed by atoms with E-state index < -0.39 is 17.6 Å². The molecule has 0 aliphatic heterocycles. The zero-order valence-electron chi connectivity index (χ0n) is 11.6. The Balaban J connectivity index is 2.57. The van der Waals surface area contributed by atoms with E-state index in [4.69, 9.17) is 4.74 Å². The van der Waals surface area contributed by atoms with Crippen LogP contribution in [0.5, 0.6) is 5.75 Å². The van der Waals surface area contributed by atoms with Crippen LogP contribution in [-0.4, -0.2) is 7.11 Å². The lowest BCUT2D eigenvalue weighted by Gasteiger charge is -2.13. The molecule has 1 nitrogen and oxygen atoms in total. The molecule has 2 rings (SSSR count). The molecular weight excluding hydrogens is 284 g/mol. The summed E-state index contributed by atoms with van der Waals surface area (Å²) in [5.41, 5.74) is 0.127. The number of alkyl halides is 3. The third-order valence-electron chi connectivity index (χ3n) is 3.25. The summed E-state index contributed by atoms with van der Waals surface area (Å²) < 4.78 is 57.5. The molecule has 21 heavy (non-hydrogen) atoms. The van der Waals surface area contributed by atoms with Crippen LogP contribution >= 0.6 is 0 Å². The SMILES string of the molecule is CCc1cc(F)c(-c2cccc(C(F)(F)F)c2)cc1OC. The number of halogens is 4. The van der Waals surface area contributed by atoms with Crippen molar-refractivity contribution in [2.45, 2.75) is 19.5 Å². The molecule has 0 aliphatic carbocycles. The van der Waals surface area contributed by atoms with Gasteiger partial charge in [-0.1, -0.05) is 19.1 Å². The van der Waals surface area contributed by atoms with Crippen LogP contribution in [0.2, 0.25) is 0 Å². The minimum atomic E-state index is -4.46. The summed E-state index contributed by atoms with van der Waals surface area (Å²) in [6.07, 6.45) is -3.89. The molecule has 0 saturated carbocycles. The van der Waals surface area contributed by atoms with Crippen molar-refractivity contribution >= 4 is 0 Å². The topological polar surface area (TPSA) is 9.23 Å². The van der Waals surface area contributed by atoms with Gasteiger partial charge in [0.25, 0.3) is 0 Å². The monoisotopic (exact) mass is 298 g/mol. The molecule has 0 saturated heterocycles. The summed E-state index contributed by atoms with van der Waals surface area (Å²) in [5, 5.41) is 0. The van der Waals surface area contributed by atoms with Gasteiger partial charge in [-0.05, 0) is 41.8 Å². The molecule has 0 radical (unpaired) electrons. The number of rotatable bonds is 3. The van der Waals surface area contributed by atoms with E-state index in [1.165, 1.54) is 31.4 Å². The van der Waals surface area contributed by atoms with E-state index in [0.717, 1.165) is 12.1 Å². The molecule has 0 atom stereocenters. The van der Waals surface area contributed by atoms with Crippen LogP contribution in [0.4, 0.5) is 17.6 Å². The average molecular weight is 298 g/mol. The van der Waals surface area contributed by atoms with Gasteiger partial charge in [-0.25, -0.2) is 4.39 Å².